The standard InChI is InChI=1S/C31H49NO8/c1-8-10-12-14-28(33)39-26-17-16-24(19-27(26)40-29(34)15-13-11-9-2)18-25(32)31(36)38-23(7)22(6)37-30(35)21(5)20(3)4/h16-17,19-23,25H,8-15,18,32H2,1-7H3/t21?,22-,23-,25-/m0/s1. The fraction of sp³-hybridized carbons (Fsp3) is 0.677. The summed E-state index contributed by atoms with van der Waals surface area (Å²) >= 11 is 0. The Bertz CT molecular complexity index is 961. The molecule has 0 aliphatic rings. The fourth-order valence-electron chi connectivity index (χ4n) is 3.59. The first-order valence-electron chi connectivity index (χ1n) is 14.6. The van der Waals surface area contributed by atoms with Crippen LogP contribution in [0.5, 0.6) is 11.5 Å². The van der Waals surface area contributed by atoms with E-state index in [-0.39, 0.29) is 48.6 Å². The Balaban J connectivity index is 2.90. The number of rotatable bonds is 18. The summed E-state index contributed by atoms with van der Waals surface area (Å²) in [5, 5.41) is 0. The van der Waals surface area contributed by atoms with Gasteiger partial charge in [0.05, 0.1) is 5.92 Å². The van der Waals surface area contributed by atoms with Gasteiger partial charge in [0, 0.05) is 12.8 Å². The Kier molecular flexibility index (Phi) is 16.2. The summed E-state index contributed by atoms with van der Waals surface area (Å²) in [4.78, 5) is 49.7. The quantitative estimate of drug-likeness (QED) is 0.136. The zero-order chi connectivity index (χ0) is 30.2. The molecule has 0 saturated heterocycles. The van der Waals surface area contributed by atoms with Crippen LogP contribution in [-0.4, -0.2) is 42.1 Å². The molecule has 0 fully saturated rings. The van der Waals surface area contributed by atoms with Gasteiger partial charge in [-0.3, -0.25) is 19.2 Å². The van der Waals surface area contributed by atoms with E-state index in [1.54, 1.807) is 39.0 Å². The molecule has 0 spiro atoms. The smallest absolute Gasteiger partial charge is 0.323 e. The minimum Gasteiger partial charge on any atom is -0.459 e. The molecule has 4 atom stereocenters. The number of esters is 4. The van der Waals surface area contributed by atoms with Gasteiger partial charge < -0.3 is 24.7 Å². The lowest BCUT2D eigenvalue weighted by molar-refractivity contribution is -0.169. The van der Waals surface area contributed by atoms with Crippen molar-refractivity contribution in [3.05, 3.63) is 23.8 Å². The van der Waals surface area contributed by atoms with Gasteiger partial charge in [-0.2, -0.15) is 0 Å². The zero-order valence-corrected chi connectivity index (χ0v) is 25.3. The van der Waals surface area contributed by atoms with Gasteiger partial charge in [0.2, 0.25) is 0 Å². The van der Waals surface area contributed by atoms with Crippen molar-refractivity contribution in [2.24, 2.45) is 17.6 Å². The number of ether oxygens (including phenoxy) is 4. The molecule has 1 aromatic rings. The number of carbonyl (C=O) groups is 4. The molecule has 9 nitrogen and oxygen atoms in total. The highest BCUT2D eigenvalue weighted by Crippen LogP contribution is 2.30. The second-order valence-electron chi connectivity index (χ2n) is 10.8. The topological polar surface area (TPSA) is 131 Å². The number of nitrogens with two attached hydrogens (primary N) is 1. The molecule has 0 heterocycles. The van der Waals surface area contributed by atoms with E-state index in [2.05, 4.69) is 0 Å². The van der Waals surface area contributed by atoms with E-state index in [1.807, 2.05) is 27.7 Å². The molecule has 0 radical (unpaired) electrons. The van der Waals surface area contributed by atoms with Crippen molar-refractivity contribution >= 4 is 23.9 Å². The van der Waals surface area contributed by atoms with Crippen molar-refractivity contribution in [2.45, 2.75) is 125 Å². The molecule has 1 rings (SSSR count). The average Bonchev–Trinajstić information content (AvgIpc) is 2.89. The number of unbranched alkanes of at least 4 members (excludes halogenated alkanes) is 4. The molecule has 9 heteroatoms. The van der Waals surface area contributed by atoms with E-state index in [1.165, 1.54) is 0 Å². The molecule has 1 unspecified atom stereocenters. The third-order valence-corrected chi connectivity index (χ3v) is 6.82. The van der Waals surface area contributed by atoms with E-state index < -0.39 is 36.2 Å². The van der Waals surface area contributed by atoms with Crippen molar-refractivity contribution in [3.8, 4) is 11.5 Å². The monoisotopic (exact) mass is 563 g/mol. The summed E-state index contributed by atoms with van der Waals surface area (Å²) < 4.78 is 22.0. The second kappa shape index (κ2) is 18.4. The molecular formula is C31H49NO8. The Morgan fingerprint density at radius 2 is 1.23 bits per heavy atom. The van der Waals surface area contributed by atoms with Crippen molar-refractivity contribution < 1.29 is 38.1 Å². The summed E-state index contributed by atoms with van der Waals surface area (Å²) in [6, 6.07) is 3.74. The SMILES string of the molecule is CCCCCC(=O)Oc1ccc(C[C@H](N)C(=O)O[C@@H](C)[C@H](C)OC(=O)C(C)C(C)C)cc1OC(=O)CCCCC. The molecule has 0 saturated carbocycles. The first kappa shape index (κ1) is 35.1. The molecule has 0 amide bonds. The van der Waals surface area contributed by atoms with E-state index in [0.29, 0.717) is 18.4 Å². The predicted octanol–water partition coefficient (Wildman–Crippen LogP) is 5.68. The summed E-state index contributed by atoms with van der Waals surface area (Å²) in [7, 11) is 0. The lowest BCUT2D eigenvalue weighted by Gasteiger charge is -2.24. The van der Waals surface area contributed by atoms with E-state index in [4.69, 9.17) is 24.7 Å². The Labute approximate surface area is 239 Å². The van der Waals surface area contributed by atoms with Crippen LogP contribution in [0.25, 0.3) is 0 Å². The molecule has 2 N–H and O–H groups in total. The lowest BCUT2D eigenvalue weighted by atomic mass is 9.98. The van der Waals surface area contributed by atoms with Crippen molar-refractivity contribution in [2.75, 3.05) is 0 Å². The van der Waals surface area contributed by atoms with E-state index in [9.17, 15) is 19.2 Å². The highest BCUT2D eigenvalue weighted by Gasteiger charge is 2.27. The number of carbonyl (C=O) groups excluding carboxylic acids is 4. The van der Waals surface area contributed by atoms with Crippen LogP contribution in [0.4, 0.5) is 0 Å². The van der Waals surface area contributed by atoms with Gasteiger partial charge in [-0.05, 0) is 56.7 Å². The van der Waals surface area contributed by atoms with Crippen LogP contribution in [0, 0.1) is 11.8 Å². The summed E-state index contributed by atoms with van der Waals surface area (Å²) in [5.74, 6) is -1.74. The number of hydrogen-bond acceptors (Lipinski definition) is 9. The van der Waals surface area contributed by atoms with Gasteiger partial charge >= 0.3 is 23.9 Å². The van der Waals surface area contributed by atoms with Gasteiger partial charge in [-0.1, -0.05) is 66.4 Å². The first-order valence-corrected chi connectivity index (χ1v) is 14.6. The first-order chi connectivity index (χ1) is 18.9. The van der Waals surface area contributed by atoms with Gasteiger partial charge in [-0.25, -0.2) is 0 Å². The number of hydrogen-bond donors (Lipinski definition) is 1. The van der Waals surface area contributed by atoms with Crippen molar-refractivity contribution in [3.63, 3.8) is 0 Å². The average molecular weight is 564 g/mol. The van der Waals surface area contributed by atoms with Crippen LogP contribution < -0.4 is 15.2 Å². The maximum Gasteiger partial charge on any atom is 0.323 e. The fourth-order valence-corrected chi connectivity index (χ4v) is 3.59. The van der Waals surface area contributed by atoms with Crippen LogP contribution in [0.2, 0.25) is 0 Å². The van der Waals surface area contributed by atoms with Crippen LogP contribution in [-0.2, 0) is 35.1 Å². The summed E-state index contributed by atoms with van der Waals surface area (Å²) in [5.41, 5.74) is 6.73. The molecule has 0 aliphatic carbocycles. The van der Waals surface area contributed by atoms with Gasteiger partial charge in [0.25, 0.3) is 0 Å². The van der Waals surface area contributed by atoms with Crippen LogP contribution >= 0.6 is 0 Å². The predicted molar refractivity (Wildman–Crippen MR) is 153 cm³/mol. The van der Waals surface area contributed by atoms with E-state index >= 15 is 0 Å². The molecule has 1 aromatic carbocycles. The van der Waals surface area contributed by atoms with Crippen molar-refractivity contribution in [1.82, 2.24) is 0 Å². The third-order valence-electron chi connectivity index (χ3n) is 6.82. The van der Waals surface area contributed by atoms with E-state index in [0.717, 1.165) is 25.7 Å². The van der Waals surface area contributed by atoms with Crippen LogP contribution in [0.15, 0.2) is 18.2 Å². The zero-order valence-electron chi connectivity index (χ0n) is 25.3. The lowest BCUT2D eigenvalue weighted by Crippen LogP contribution is -2.40. The van der Waals surface area contributed by atoms with Gasteiger partial charge in [-0.15, -0.1) is 0 Å². The van der Waals surface area contributed by atoms with Gasteiger partial charge in [0.15, 0.2) is 11.5 Å². The minimum absolute atomic E-state index is 0.0925. The highest BCUT2D eigenvalue weighted by atomic mass is 16.6. The molecule has 0 aromatic heterocycles. The maximum absolute atomic E-state index is 12.7. The largest absolute Gasteiger partial charge is 0.459 e. The Morgan fingerprint density at radius 1 is 0.725 bits per heavy atom. The second-order valence-corrected chi connectivity index (χ2v) is 10.8. The maximum atomic E-state index is 12.7. The third kappa shape index (κ3) is 12.9. The van der Waals surface area contributed by atoms with Crippen LogP contribution in [0.1, 0.15) is 105 Å². The summed E-state index contributed by atoms with van der Waals surface area (Å²) in [6.07, 6.45) is 4.42. The molecular weight excluding hydrogens is 514 g/mol. The summed E-state index contributed by atoms with van der Waals surface area (Å²) in [6.45, 7) is 13.1. The van der Waals surface area contributed by atoms with Crippen LogP contribution in [0.3, 0.4) is 0 Å². The highest BCUT2D eigenvalue weighted by molar-refractivity contribution is 5.77. The molecule has 0 aliphatic heterocycles. The van der Waals surface area contributed by atoms with Crippen molar-refractivity contribution in [1.29, 1.82) is 0 Å². The molecule has 226 valence electrons. The number of benzene rings is 1. The van der Waals surface area contributed by atoms with Gasteiger partial charge in [0.1, 0.15) is 18.2 Å². The Hall–Kier alpha value is -2.94. The molecule has 40 heavy (non-hydrogen) atoms. The normalized spacial score (nSPS) is 14.1. The minimum atomic E-state index is -1.02. The molecule has 0 bridgehead atoms. The Morgan fingerprint density at radius 3 is 1.73 bits per heavy atom.